The predicted molar refractivity (Wildman–Crippen MR) is 84.6 cm³/mol. The highest BCUT2D eigenvalue weighted by Crippen LogP contribution is 2.27. The van der Waals surface area contributed by atoms with Gasteiger partial charge in [0.15, 0.2) is 0 Å². The van der Waals surface area contributed by atoms with Gasteiger partial charge in [-0.3, -0.25) is 9.59 Å². The summed E-state index contributed by atoms with van der Waals surface area (Å²) in [4.78, 5) is 24.0. The number of hydrogen-bond acceptors (Lipinski definition) is 4. The second kappa shape index (κ2) is 6.26. The van der Waals surface area contributed by atoms with E-state index in [0.29, 0.717) is 6.61 Å². The summed E-state index contributed by atoms with van der Waals surface area (Å²) in [5.74, 6) is 0.354. The Labute approximate surface area is 133 Å². The molecule has 23 heavy (non-hydrogen) atoms. The van der Waals surface area contributed by atoms with Crippen LogP contribution in [0.3, 0.4) is 0 Å². The molecule has 2 N–H and O–H groups in total. The van der Waals surface area contributed by atoms with Crippen molar-refractivity contribution in [2.24, 2.45) is 7.05 Å². The van der Waals surface area contributed by atoms with Crippen LogP contribution in [0.5, 0.6) is 5.75 Å². The lowest BCUT2D eigenvalue weighted by Gasteiger charge is -2.13. The smallest absolute Gasteiger partial charge is 0.263 e. The summed E-state index contributed by atoms with van der Waals surface area (Å²) in [5.41, 5.74) is 1.47. The van der Waals surface area contributed by atoms with Crippen molar-refractivity contribution in [1.82, 2.24) is 9.88 Å². The lowest BCUT2D eigenvalue weighted by Crippen LogP contribution is -2.34. The van der Waals surface area contributed by atoms with Crippen LogP contribution in [0.25, 0.3) is 0 Å². The number of nitrogens with zero attached hydrogens (tertiary/aromatic N) is 1. The Bertz CT molecular complexity index is 797. The van der Waals surface area contributed by atoms with E-state index in [1.165, 1.54) is 10.6 Å². The lowest BCUT2D eigenvalue weighted by atomic mass is 10.0. The van der Waals surface area contributed by atoms with Crippen LogP contribution in [0.4, 0.5) is 0 Å². The van der Waals surface area contributed by atoms with E-state index in [2.05, 4.69) is 5.32 Å². The summed E-state index contributed by atoms with van der Waals surface area (Å²) < 4.78 is 6.76. The van der Waals surface area contributed by atoms with Crippen molar-refractivity contribution in [3.05, 3.63) is 63.6 Å². The molecule has 0 unspecified atom stereocenters. The molecule has 0 aliphatic carbocycles. The molecule has 0 fully saturated rings. The summed E-state index contributed by atoms with van der Waals surface area (Å²) in [5, 5.41) is 12.8. The number of benzene rings is 1. The molecule has 0 spiro atoms. The zero-order valence-electron chi connectivity index (χ0n) is 12.8. The zero-order chi connectivity index (χ0) is 16.4. The van der Waals surface area contributed by atoms with E-state index in [-0.39, 0.29) is 17.7 Å². The molecule has 1 atom stereocenters. The van der Waals surface area contributed by atoms with Crippen LogP contribution in [0, 0.1) is 0 Å². The number of aryl methyl sites for hydroxylation is 1. The minimum absolute atomic E-state index is 0.0382. The normalized spacial score (nSPS) is 14.0. The van der Waals surface area contributed by atoms with Gasteiger partial charge in [0.1, 0.15) is 11.3 Å². The highest BCUT2D eigenvalue weighted by atomic mass is 16.5. The molecule has 120 valence electrons. The quantitative estimate of drug-likeness (QED) is 0.874. The lowest BCUT2D eigenvalue weighted by molar-refractivity contribution is 0.0914. The minimum Gasteiger partial charge on any atom is -0.493 e. The van der Waals surface area contributed by atoms with Gasteiger partial charge in [0.2, 0.25) is 0 Å². The maximum atomic E-state index is 12.1. The molecule has 1 amide bonds. The molecule has 1 aliphatic heterocycles. The summed E-state index contributed by atoms with van der Waals surface area (Å²) >= 11 is 0. The van der Waals surface area contributed by atoms with E-state index < -0.39 is 12.0 Å². The van der Waals surface area contributed by atoms with Crippen molar-refractivity contribution in [2.75, 3.05) is 13.2 Å². The van der Waals surface area contributed by atoms with Crippen LogP contribution >= 0.6 is 0 Å². The molecule has 0 saturated heterocycles. The van der Waals surface area contributed by atoms with Crippen molar-refractivity contribution in [3.8, 4) is 5.75 Å². The summed E-state index contributed by atoms with van der Waals surface area (Å²) in [6.45, 7) is 0.694. The van der Waals surface area contributed by atoms with E-state index in [9.17, 15) is 14.7 Å². The largest absolute Gasteiger partial charge is 0.493 e. The minimum atomic E-state index is -0.836. The van der Waals surface area contributed by atoms with Crippen molar-refractivity contribution < 1.29 is 14.6 Å². The second-order valence-electron chi connectivity index (χ2n) is 5.53. The van der Waals surface area contributed by atoms with Gasteiger partial charge in [-0.1, -0.05) is 6.07 Å². The number of aliphatic hydroxyl groups is 1. The Hall–Kier alpha value is -2.60. The van der Waals surface area contributed by atoms with Crippen molar-refractivity contribution >= 4 is 5.91 Å². The molecule has 0 saturated carbocycles. The van der Waals surface area contributed by atoms with E-state index >= 15 is 0 Å². The van der Waals surface area contributed by atoms with Crippen LogP contribution in [0.2, 0.25) is 0 Å². The number of aliphatic hydroxyl groups excluding tert-OH is 1. The van der Waals surface area contributed by atoms with Gasteiger partial charge in [0, 0.05) is 26.2 Å². The van der Waals surface area contributed by atoms with E-state index in [0.717, 1.165) is 23.3 Å². The van der Waals surface area contributed by atoms with Gasteiger partial charge in [0.25, 0.3) is 11.5 Å². The molecule has 1 aromatic carbocycles. The third-order valence-corrected chi connectivity index (χ3v) is 3.92. The SMILES string of the molecule is Cn1cccc(C(=O)NC[C@H](O)c2ccc3c(c2)CCO3)c1=O. The molecular weight excluding hydrogens is 296 g/mol. The maximum absolute atomic E-state index is 12.1. The fraction of sp³-hybridized carbons (Fsp3) is 0.294. The number of nitrogens with one attached hydrogen (secondary N) is 1. The van der Waals surface area contributed by atoms with Gasteiger partial charge in [0.05, 0.1) is 12.7 Å². The number of carbonyl (C=O) groups is 1. The van der Waals surface area contributed by atoms with Gasteiger partial charge >= 0.3 is 0 Å². The van der Waals surface area contributed by atoms with Crippen LogP contribution < -0.4 is 15.6 Å². The summed E-state index contributed by atoms with van der Waals surface area (Å²) in [6, 6.07) is 8.60. The Balaban J connectivity index is 1.67. The Morgan fingerprint density at radius 2 is 2.26 bits per heavy atom. The molecule has 6 heteroatoms. The van der Waals surface area contributed by atoms with Crippen LogP contribution in [-0.2, 0) is 13.5 Å². The van der Waals surface area contributed by atoms with Crippen molar-refractivity contribution in [2.45, 2.75) is 12.5 Å². The summed E-state index contributed by atoms with van der Waals surface area (Å²) in [7, 11) is 1.58. The molecule has 1 aliphatic rings. The number of carbonyl (C=O) groups excluding carboxylic acids is 1. The highest BCUT2D eigenvalue weighted by Gasteiger charge is 2.17. The number of amides is 1. The van der Waals surface area contributed by atoms with Crippen LogP contribution in [-0.4, -0.2) is 28.7 Å². The third-order valence-electron chi connectivity index (χ3n) is 3.92. The molecule has 0 bridgehead atoms. The Kier molecular flexibility index (Phi) is 4.16. The number of aromatic nitrogens is 1. The van der Waals surface area contributed by atoms with Gasteiger partial charge in [-0.2, -0.15) is 0 Å². The number of hydrogen-bond donors (Lipinski definition) is 2. The maximum Gasteiger partial charge on any atom is 0.263 e. The molecular formula is C17H18N2O4. The number of fused-ring (bicyclic) bond motifs is 1. The fourth-order valence-corrected chi connectivity index (χ4v) is 2.59. The molecule has 0 radical (unpaired) electrons. The molecule has 2 aromatic rings. The summed E-state index contributed by atoms with van der Waals surface area (Å²) in [6.07, 6.45) is 1.57. The number of ether oxygens (including phenoxy) is 1. The van der Waals surface area contributed by atoms with Gasteiger partial charge < -0.3 is 19.7 Å². The molecule has 6 nitrogen and oxygen atoms in total. The number of pyridine rings is 1. The van der Waals surface area contributed by atoms with E-state index in [1.54, 1.807) is 25.4 Å². The van der Waals surface area contributed by atoms with Gasteiger partial charge in [-0.25, -0.2) is 0 Å². The first kappa shape index (κ1) is 15.3. The molecule has 1 aromatic heterocycles. The zero-order valence-corrected chi connectivity index (χ0v) is 12.8. The van der Waals surface area contributed by atoms with E-state index in [4.69, 9.17) is 4.74 Å². The average Bonchev–Trinajstić information content (AvgIpc) is 3.02. The van der Waals surface area contributed by atoms with E-state index in [1.807, 2.05) is 12.1 Å². The highest BCUT2D eigenvalue weighted by molar-refractivity contribution is 5.93. The van der Waals surface area contributed by atoms with Gasteiger partial charge in [-0.05, 0) is 35.4 Å². The van der Waals surface area contributed by atoms with Crippen molar-refractivity contribution in [1.29, 1.82) is 0 Å². The number of rotatable bonds is 4. The molecule has 2 heterocycles. The topological polar surface area (TPSA) is 80.6 Å². The second-order valence-corrected chi connectivity index (χ2v) is 5.53. The molecule has 3 rings (SSSR count). The van der Waals surface area contributed by atoms with Crippen LogP contribution in [0.1, 0.15) is 27.6 Å². The standard InChI is InChI=1S/C17H18N2O4/c1-19-7-2-3-13(17(19)22)16(21)18-10-14(20)11-4-5-15-12(9-11)6-8-23-15/h2-5,7,9,14,20H,6,8,10H2,1H3,(H,18,21)/t14-/m0/s1. The predicted octanol–water partition coefficient (Wildman–Crippen LogP) is 0.784. The van der Waals surface area contributed by atoms with Crippen molar-refractivity contribution in [3.63, 3.8) is 0 Å². The first-order valence-electron chi connectivity index (χ1n) is 7.44. The first-order chi connectivity index (χ1) is 11.1. The van der Waals surface area contributed by atoms with Crippen LogP contribution in [0.15, 0.2) is 41.3 Å². The monoisotopic (exact) mass is 314 g/mol. The Morgan fingerprint density at radius 3 is 3.09 bits per heavy atom. The third kappa shape index (κ3) is 3.12. The van der Waals surface area contributed by atoms with Gasteiger partial charge in [-0.15, -0.1) is 0 Å². The first-order valence-corrected chi connectivity index (χ1v) is 7.44. The Morgan fingerprint density at radius 1 is 1.43 bits per heavy atom. The fourth-order valence-electron chi connectivity index (χ4n) is 2.59. The average molecular weight is 314 g/mol.